The molecule has 0 radical (unpaired) electrons. The Labute approximate surface area is 76.2 Å². The molecule has 1 aromatic rings. The van der Waals surface area contributed by atoms with E-state index >= 15 is 0 Å². The molecule has 0 aliphatic carbocycles. The quantitative estimate of drug-likeness (QED) is 0.718. The minimum Gasteiger partial charge on any atom is -0.395 e. The number of hydrogen-bond donors (Lipinski definition) is 1. The topological polar surface area (TPSA) is 46.0 Å². The second-order valence-corrected chi connectivity index (χ2v) is 3.99. The van der Waals surface area contributed by atoms with Crippen molar-refractivity contribution in [3.63, 3.8) is 0 Å². The molecule has 3 nitrogen and oxygen atoms in total. The van der Waals surface area contributed by atoms with E-state index in [4.69, 9.17) is 5.11 Å². The van der Waals surface area contributed by atoms with Gasteiger partial charge in [0, 0.05) is 17.6 Å². The largest absolute Gasteiger partial charge is 0.395 e. The zero-order valence-corrected chi connectivity index (χ0v) is 8.01. The molecule has 0 bridgehead atoms. The van der Waals surface area contributed by atoms with Gasteiger partial charge >= 0.3 is 0 Å². The van der Waals surface area contributed by atoms with E-state index in [1.165, 1.54) is 0 Å². The van der Waals surface area contributed by atoms with Crippen LogP contribution in [0, 0.1) is 6.92 Å². The zero-order chi connectivity index (χ0) is 8.97. The van der Waals surface area contributed by atoms with Crippen molar-refractivity contribution in [2.24, 2.45) is 0 Å². The van der Waals surface area contributed by atoms with E-state index in [2.05, 4.69) is 9.97 Å². The fourth-order valence-electron chi connectivity index (χ4n) is 0.738. The van der Waals surface area contributed by atoms with Crippen LogP contribution in [-0.4, -0.2) is 26.9 Å². The van der Waals surface area contributed by atoms with Crippen LogP contribution in [0.15, 0.2) is 17.4 Å². The van der Waals surface area contributed by atoms with E-state index in [1.807, 2.05) is 13.8 Å². The molecule has 66 valence electrons. The van der Waals surface area contributed by atoms with Crippen LogP contribution in [0.25, 0.3) is 0 Å². The number of thioether (sulfide) groups is 1. The van der Waals surface area contributed by atoms with Gasteiger partial charge in [0.2, 0.25) is 0 Å². The highest BCUT2D eigenvalue weighted by molar-refractivity contribution is 7.99. The Morgan fingerprint density at radius 2 is 2.17 bits per heavy atom. The number of aliphatic hydroxyl groups is 1. The molecule has 0 saturated carbocycles. The van der Waals surface area contributed by atoms with Gasteiger partial charge in [-0.2, -0.15) is 0 Å². The van der Waals surface area contributed by atoms with Crippen LogP contribution in [0.1, 0.15) is 12.6 Å². The summed E-state index contributed by atoms with van der Waals surface area (Å²) in [6.07, 6.45) is 3.34. The van der Waals surface area contributed by atoms with E-state index in [-0.39, 0.29) is 11.9 Å². The molecule has 1 unspecified atom stereocenters. The molecule has 0 amide bonds. The van der Waals surface area contributed by atoms with Crippen LogP contribution in [0.2, 0.25) is 0 Å². The highest BCUT2D eigenvalue weighted by Crippen LogP contribution is 2.21. The van der Waals surface area contributed by atoms with E-state index in [0.29, 0.717) is 0 Å². The number of aliphatic hydroxyl groups excluding tert-OH is 1. The Bertz CT molecular complexity index is 255. The molecule has 1 N–H and O–H groups in total. The van der Waals surface area contributed by atoms with Crippen molar-refractivity contribution in [3.05, 3.63) is 18.1 Å². The summed E-state index contributed by atoms with van der Waals surface area (Å²) < 4.78 is 0. The predicted octanol–water partition coefficient (Wildman–Crippen LogP) is 1.26. The van der Waals surface area contributed by atoms with Gasteiger partial charge in [0.25, 0.3) is 0 Å². The number of aromatic nitrogens is 2. The Balaban J connectivity index is 2.69. The van der Waals surface area contributed by atoms with Gasteiger partial charge in [-0.1, -0.05) is 18.7 Å². The number of rotatable bonds is 3. The summed E-state index contributed by atoms with van der Waals surface area (Å²) in [5.41, 5.74) is 0.919. The molecular formula is C8H12N2OS. The van der Waals surface area contributed by atoms with Crippen molar-refractivity contribution in [1.82, 2.24) is 9.97 Å². The summed E-state index contributed by atoms with van der Waals surface area (Å²) in [6.45, 7) is 4.04. The molecule has 0 aliphatic heterocycles. The lowest BCUT2D eigenvalue weighted by Gasteiger charge is -2.07. The van der Waals surface area contributed by atoms with Crippen molar-refractivity contribution in [2.75, 3.05) is 6.61 Å². The maximum atomic E-state index is 8.82. The van der Waals surface area contributed by atoms with Gasteiger partial charge in [-0.3, -0.25) is 4.98 Å². The molecule has 0 aromatic carbocycles. The summed E-state index contributed by atoms with van der Waals surface area (Å²) in [4.78, 5) is 8.26. The van der Waals surface area contributed by atoms with Crippen LogP contribution in [-0.2, 0) is 0 Å². The van der Waals surface area contributed by atoms with Crippen molar-refractivity contribution in [3.8, 4) is 0 Å². The molecule has 1 aromatic heterocycles. The van der Waals surface area contributed by atoms with E-state index in [1.54, 1.807) is 24.2 Å². The standard InChI is InChI=1S/C8H12N2OS/c1-6(5-11)12-8-7(2)9-3-4-10-8/h3-4,6,11H,5H2,1-2H3. The molecule has 1 rings (SSSR count). The molecule has 0 fully saturated rings. The van der Waals surface area contributed by atoms with Crippen LogP contribution >= 0.6 is 11.8 Å². The summed E-state index contributed by atoms with van der Waals surface area (Å²) in [7, 11) is 0. The van der Waals surface area contributed by atoms with Crippen molar-refractivity contribution in [1.29, 1.82) is 0 Å². The van der Waals surface area contributed by atoms with Crippen molar-refractivity contribution < 1.29 is 5.11 Å². The first-order valence-corrected chi connectivity index (χ1v) is 4.67. The lowest BCUT2D eigenvalue weighted by atomic mass is 10.5. The minimum atomic E-state index is 0.167. The molecule has 1 heterocycles. The number of nitrogens with zero attached hydrogens (tertiary/aromatic N) is 2. The Morgan fingerprint density at radius 1 is 1.50 bits per heavy atom. The normalized spacial score (nSPS) is 12.9. The summed E-state index contributed by atoms with van der Waals surface area (Å²) in [5, 5.41) is 9.90. The van der Waals surface area contributed by atoms with E-state index < -0.39 is 0 Å². The number of aryl methyl sites for hydroxylation is 1. The fourth-order valence-corrected chi connectivity index (χ4v) is 1.54. The monoisotopic (exact) mass is 184 g/mol. The maximum Gasteiger partial charge on any atom is 0.118 e. The average molecular weight is 184 g/mol. The summed E-state index contributed by atoms with van der Waals surface area (Å²) in [5.74, 6) is 0. The molecule has 0 spiro atoms. The van der Waals surface area contributed by atoms with E-state index in [9.17, 15) is 0 Å². The summed E-state index contributed by atoms with van der Waals surface area (Å²) in [6, 6.07) is 0. The highest BCUT2D eigenvalue weighted by atomic mass is 32.2. The lowest BCUT2D eigenvalue weighted by Crippen LogP contribution is -2.03. The van der Waals surface area contributed by atoms with Crippen LogP contribution < -0.4 is 0 Å². The Morgan fingerprint density at radius 3 is 2.75 bits per heavy atom. The molecule has 4 heteroatoms. The Kier molecular flexibility index (Phi) is 3.49. The third kappa shape index (κ3) is 2.46. The molecule has 12 heavy (non-hydrogen) atoms. The highest BCUT2D eigenvalue weighted by Gasteiger charge is 2.06. The average Bonchev–Trinajstić information content (AvgIpc) is 2.09. The van der Waals surface area contributed by atoms with Crippen LogP contribution in [0.3, 0.4) is 0 Å². The molecule has 0 aliphatic rings. The van der Waals surface area contributed by atoms with Crippen LogP contribution in [0.5, 0.6) is 0 Å². The molecule has 1 atom stereocenters. The van der Waals surface area contributed by atoms with Gasteiger partial charge in [-0.25, -0.2) is 4.98 Å². The second-order valence-electron chi connectivity index (χ2n) is 2.56. The summed E-state index contributed by atoms with van der Waals surface area (Å²) >= 11 is 1.55. The zero-order valence-electron chi connectivity index (χ0n) is 7.19. The van der Waals surface area contributed by atoms with E-state index in [0.717, 1.165) is 10.7 Å². The smallest absolute Gasteiger partial charge is 0.118 e. The van der Waals surface area contributed by atoms with Crippen molar-refractivity contribution >= 4 is 11.8 Å². The first-order valence-electron chi connectivity index (χ1n) is 3.79. The van der Waals surface area contributed by atoms with Gasteiger partial charge in [-0.05, 0) is 6.92 Å². The minimum absolute atomic E-state index is 0.167. The maximum absolute atomic E-state index is 8.82. The van der Waals surface area contributed by atoms with Crippen LogP contribution in [0.4, 0.5) is 0 Å². The fraction of sp³-hybridized carbons (Fsp3) is 0.500. The first kappa shape index (κ1) is 9.48. The second kappa shape index (κ2) is 4.42. The first-order chi connectivity index (χ1) is 5.74. The molecule has 0 saturated heterocycles. The van der Waals surface area contributed by atoms with Gasteiger partial charge in [-0.15, -0.1) is 0 Å². The third-order valence-electron chi connectivity index (χ3n) is 1.41. The predicted molar refractivity (Wildman–Crippen MR) is 49.2 cm³/mol. The van der Waals surface area contributed by atoms with Gasteiger partial charge in [0.05, 0.1) is 12.3 Å². The SMILES string of the molecule is Cc1nccnc1SC(C)CO. The van der Waals surface area contributed by atoms with Gasteiger partial charge in [0.15, 0.2) is 0 Å². The van der Waals surface area contributed by atoms with Gasteiger partial charge < -0.3 is 5.11 Å². The lowest BCUT2D eigenvalue weighted by molar-refractivity contribution is 0.300. The number of hydrogen-bond acceptors (Lipinski definition) is 4. The third-order valence-corrected chi connectivity index (χ3v) is 2.58. The van der Waals surface area contributed by atoms with Crippen molar-refractivity contribution in [2.45, 2.75) is 24.1 Å². The van der Waals surface area contributed by atoms with Gasteiger partial charge in [0.1, 0.15) is 5.03 Å². The Hall–Kier alpha value is -0.610. The molecular weight excluding hydrogens is 172 g/mol.